The molecule has 4 rings (SSSR count). The Morgan fingerprint density at radius 2 is 1.91 bits per heavy atom. The molecule has 0 aliphatic heterocycles. The van der Waals surface area contributed by atoms with Gasteiger partial charge in [0.2, 0.25) is 0 Å². The lowest BCUT2D eigenvalue weighted by atomic mass is 9.47. The zero-order chi connectivity index (χ0) is 15.5. The molecule has 0 bridgehead atoms. The number of terminal acetylenes is 1. The second-order valence-corrected chi connectivity index (χ2v) is 8.97. The monoisotopic (exact) mass is 298 g/mol. The van der Waals surface area contributed by atoms with Crippen molar-refractivity contribution >= 4 is 0 Å². The highest BCUT2D eigenvalue weighted by atomic mass is 16.3. The van der Waals surface area contributed by atoms with Gasteiger partial charge in [0, 0.05) is 5.92 Å². The van der Waals surface area contributed by atoms with Crippen LogP contribution in [0.15, 0.2) is 11.6 Å². The van der Waals surface area contributed by atoms with E-state index in [1.807, 2.05) is 0 Å². The van der Waals surface area contributed by atoms with Crippen molar-refractivity contribution in [1.29, 1.82) is 0 Å². The van der Waals surface area contributed by atoms with E-state index in [0.29, 0.717) is 16.7 Å². The first-order valence-electron chi connectivity index (χ1n) is 9.34. The summed E-state index contributed by atoms with van der Waals surface area (Å²) in [5.41, 5.74) is 2.34. The summed E-state index contributed by atoms with van der Waals surface area (Å²) in [7, 11) is 0. The standard InChI is InChI=1S/C21H30O/c1-4-14-6-8-18-17-7-5-15-13-16(22)9-11-21(15,3)19(17)10-12-20(14,18)2/h1,13-14,16-19,22H,5-12H2,2-3H3/t14-,16+,17?,18?,19?,20+,21-/m0/s1. The van der Waals surface area contributed by atoms with Gasteiger partial charge in [0.25, 0.3) is 0 Å². The van der Waals surface area contributed by atoms with E-state index in [0.717, 1.165) is 24.2 Å². The van der Waals surface area contributed by atoms with Crippen molar-refractivity contribution in [1.82, 2.24) is 0 Å². The Bertz CT molecular complexity index is 541. The van der Waals surface area contributed by atoms with Gasteiger partial charge >= 0.3 is 0 Å². The SMILES string of the molecule is C#C[C@H]1CCC2C3CCC4=C[C@H](O)CC[C@]4(C)C3CC[C@@]21C. The second kappa shape index (κ2) is 4.88. The highest BCUT2D eigenvalue weighted by Crippen LogP contribution is 2.66. The molecule has 1 heteroatoms. The van der Waals surface area contributed by atoms with Gasteiger partial charge < -0.3 is 5.11 Å². The van der Waals surface area contributed by atoms with E-state index in [4.69, 9.17) is 6.42 Å². The number of rotatable bonds is 0. The Balaban J connectivity index is 1.67. The minimum Gasteiger partial charge on any atom is -0.389 e. The van der Waals surface area contributed by atoms with Crippen LogP contribution in [0.4, 0.5) is 0 Å². The molecule has 0 aromatic rings. The van der Waals surface area contributed by atoms with Gasteiger partial charge in [-0.25, -0.2) is 0 Å². The summed E-state index contributed by atoms with van der Waals surface area (Å²) < 4.78 is 0. The van der Waals surface area contributed by atoms with Crippen LogP contribution in [-0.4, -0.2) is 11.2 Å². The molecule has 0 amide bonds. The van der Waals surface area contributed by atoms with Crippen LogP contribution < -0.4 is 0 Å². The summed E-state index contributed by atoms with van der Waals surface area (Å²) in [4.78, 5) is 0. The van der Waals surface area contributed by atoms with Crippen LogP contribution in [0.2, 0.25) is 0 Å². The number of fused-ring (bicyclic) bond motifs is 5. The van der Waals surface area contributed by atoms with Gasteiger partial charge in [-0.2, -0.15) is 0 Å². The molecule has 0 spiro atoms. The summed E-state index contributed by atoms with van der Waals surface area (Å²) in [5.74, 6) is 6.18. The first kappa shape index (κ1) is 14.8. The van der Waals surface area contributed by atoms with Gasteiger partial charge in [-0.1, -0.05) is 25.5 Å². The normalized spacial score (nSPS) is 53.7. The Morgan fingerprint density at radius 1 is 1.09 bits per heavy atom. The fourth-order valence-electron chi connectivity index (χ4n) is 6.98. The highest BCUT2D eigenvalue weighted by Gasteiger charge is 2.58. The fraction of sp³-hybridized carbons (Fsp3) is 0.810. The number of allylic oxidation sites excluding steroid dienone is 1. The van der Waals surface area contributed by atoms with Crippen LogP contribution in [0.25, 0.3) is 0 Å². The third-order valence-electron chi connectivity index (χ3n) is 8.29. The van der Waals surface area contributed by atoms with Crippen molar-refractivity contribution in [2.75, 3.05) is 0 Å². The predicted octanol–water partition coefficient (Wildman–Crippen LogP) is 4.56. The van der Waals surface area contributed by atoms with Crippen LogP contribution in [0, 0.1) is 46.8 Å². The van der Waals surface area contributed by atoms with E-state index in [-0.39, 0.29) is 6.10 Å². The predicted molar refractivity (Wildman–Crippen MR) is 90.0 cm³/mol. The van der Waals surface area contributed by atoms with Crippen molar-refractivity contribution in [3.63, 3.8) is 0 Å². The minimum absolute atomic E-state index is 0.189. The molecule has 120 valence electrons. The summed E-state index contributed by atoms with van der Waals surface area (Å²) in [6, 6.07) is 0. The summed E-state index contributed by atoms with van der Waals surface area (Å²) in [6.07, 6.45) is 17.8. The van der Waals surface area contributed by atoms with Gasteiger partial charge in [0.1, 0.15) is 0 Å². The third-order valence-corrected chi connectivity index (χ3v) is 8.29. The number of hydrogen-bond donors (Lipinski definition) is 1. The van der Waals surface area contributed by atoms with Crippen molar-refractivity contribution in [2.24, 2.45) is 34.5 Å². The van der Waals surface area contributed by atoms with Crippen LogP contribution in [0.5, 0.6) is 0 Å². The molecule has 4 aliphatic carbocycles. The molecule has 0 radical (unpaired) electrons. The molecule has 1 nitrogen and oxygen atoms in total. The second-order valence-electron chi connectivity index (χ2n) is 8.97. The average Bonchev–Trinajstić information content (AvgIpc) is 2.84. The number of aliphatic hydroxyl groups is 1. The zero-order valence-corrected chi connectivity index (χ0v) is 14.1. The molecule has 3 unspecified atom stereocenters. The van der Waals surface area contributed by atoms with Crippen LogP contribution in [0.3, 0.4) is 0 Å². The van der Waals surface area contributed by atoms with Crippen molar-refractivity contribution in [3.05, 3.63) is 11.6 Å². The number of hydrogen-bond acceptors (Lipinski definition) is 1. The van der Waals surface area contributed by atoms with Crippen LogP contribution in [-0.2, 0) is 0 Å². The molecule has 0 aromatic carbocycles. The Labute approximate surface area is 135 Å². The van der Waals surface area contributed by atoms with Crippen molar-refractivity contribution in [2.45, 2.75) is 71.3 Å². The molecule has 4 aliphatic rings. The average molecular weight is 298 g/mol. The first-order valence-corrected chi connectivity index (χ1v) is 9.34. The summed E-state index contributed by atoms with van der Waals surface area (Å²) in [6.45, 7) is 4.99. The van der Waals surface area contributed by atoms with E-state index in [9.17, 15) is 5.11 Å². The molecule has 0 aromatic heterocycles. The van der Waals surface area contributed by atoms with E-state index in [2.05, 4.69) is 25.8 Å². The van der Waals surface area contributed by atoms with E-state index in [1.54, 1.807) is 5.57 Å². The maximum atomic E-state index is 10.0. The van der Waals surface area contributed by atoms with Crippen LogP contribution in [0.1, 0.15) is 65.2 Å². The largest absolute Gasteiger partial charge is 0.389 e. The van der Waals surface area contributed by atoms with Gasteiger partial charge in [0.05, 0.1) is 6.10 Å². The lowest BCUT2D eigenvalue weighted by Gasteiger charge is -2.58. The molecule has 0 saturated heterocycles. The van der Waals surface area contributed by atoms with E-state index >= 15 is 0 Å². The van der Waals surface area contributed by atoms with E-state index < -0.39 is 0 Å². The zero-order valence-electron chi connectivity index (χ0n) is 14.1. The summed E-state index contributed by atoms with van der Waals surface area (Å²) in [5, 5.41) is 10.0. The van der Waals surface area contributed by atoms with Gasteiger partial charge in [-0.05, 0) is 80.0 Å². The minimum atomic E-state index is -0.189. The Hall–Kier alpha value is -0.740. The Morgan fingerprint density at radius 3 is 2.68 bits per heavy atom. The summed E-state index contributed by atoms with van der Waals surface area (Å²) >= 11 is 0. The maximum Gasteiger partial charge on any atom is 0.0724 e. The molecule has 1 N–H and O–H groups in total. The molecule has 3 fully saturated rings. The molecule has 22 heavy (non-hydrogen) atoms. The topological polar surface area (TPSA) is 20.2 Å². The fourth-order valence-corrected chi connectivity index (χ4v) is 6.98. The lowest BCUT2D eigenvalue weighted by Crippen LogP contribution is -2.50. The first-order chi connectivity index (χ1) is 10.5. The maximum absolute atomic E-state index is 10.0. The van der Waals surface area contributed by atoms with Crippen LogP contribution >= 0.6 is 0 Å². The highest BCUT2D eigenvalue weighted by molar-refractivity contribution is 5.26. The molecular weight excluding hydrogens is 268 g/mol. The van der Waals surface area contributed by atoms with Gasteiger partial charge in [-0.3, -0.25) is 0 Å². The van der Waals surface area contributed by atoms with Crippen molar-refractivity contribution in [3.8, 4) is 12.3 Å². The molecule has 7 atom stereocenters. The third kappa shape index (κ3) is 1.83. The van der Waals surface area contributed by atoms with Gasteiger partial charge in [-0.15, -0.1) is 12.3 Å². The van der Waals surface area contributed by atoms with Gasteiger partial charge in [0.15, 0.2) is 0 Å². The number of aliphatic hydroxyl groups excluding tert-OH is 1. The smallest absolute Gasteiger partial charge is 0.0724 e. The lowest BCUT2D eigenvalue weighted by molar-refractivity contribution is -0.0486. The molecule has 0 heterocycles. The quantitative estimate of drug-likeness (QED) is 0.513. The van der Waals surface area contributed by atoms with E-state index in [1.165, 1.54) is 44.9 Å². The van der Waals surface area contributed by atoms with Crippen molar-refractivity contribution < 1.29 is 5.11 Å². The molecule has 3 saturated carbocycles. The Kier molecular flexibility index (Phi) is 3.29. The molecular formula is C21H30O.